The maximum Gasteiger partial charge on any atom is 0.250 e. The van der Waals surface area contributed by atoms with Crippen LogP contribution in [0.5, 0.6) is 0 Å². The van der Waals surface area contributed by atoms with Crippen molar-refractivity contribution in [3.63, 3.8) is 0 Å². The molecule has 2 heterocycles. The molecule has 0 radical (unpaired) electrons. The fourth-order valence-corrected chi connectivity index (χ4v) is 2.21. The summed E-state index contributed by atoms with van der Waals surface area (Å²) in [6, 6.07) is 11.8. The van der Waals surface area contributed by atoms with Crippen LogP contribution < -0.4 is 4.90 Å². The molecule has 0 saturated carbocycles. The minimum absolute atomic E-state index is 0.0680. The molecular formula is C15H14N2O2. The maximum absolute atomic E-state index is 11.9. The Bertz CT molecular complexity index is 656. The van der Waals surface area contributed by atoms with Gasteiger partial charge in [-0.15, -0.1) is 0 Å². The Kier molecular flexibility index (Phi) is 2.71. The number of nitrogens with zero attached hydrogens (tertiary/aromatic N) is 2. The van der Waals surface area contributed by atoms with E-state index in [1.165, 1.54) is 4.90 Å². The molecule has 1 aromatic carbocycles. The van der Waals surface area contributed by atoms with Gasteiger partial charge in [0.1, 0.15) is 12.3 Å². The van der Waals surface area contributed by atoms with Crippen molar-refractivity contribution in [1.82, 2.24) is 0 Å². The predicted molar refractivity (Wildman–Crippen MR) is 73.8 cm³/mol. The molecule has 1 aromatic heterocycles. The van der Waals surface area contributed by atoms with E-state index in [4.69, 9.17) is 4.42 Å². The van der Waals surface area contributed by atoms with E-state index >= 15 is 0 Å². The van der Waals surface area contributed by atoms with E-state index < -0.39 is 0 Å². The average Bonchev–Trinajstić information content (AvgIpc) is 2.76. The minimum atomic E-state index is -0.0680. The number of rotatable bonds is 1. The van der Waals surface area contributed by atoms with Gasteiger partial charge in [-0.05, 0) is 13.0 Å². The van der Waals surface area contributed by atoms with Crippen LogP contribution in [0.25, 0.3) is 0 Å². The second kappa shape index (κ2) is 4.39. The van der Waals surface area contributed by atoms with Crippen molar-refractivity contribution in [2.24, 2.45) is 4.99 Å². The van der Waals surface area contributed by atoms with E-state index in [0.29, 0.717) is 5.88 Å². The number of anilines is 1. The van der Waals surface area contributed by atoms with Crippen LogP contribution in [-0.4, -0.2) is 25.2 Å². The van der Waals surface area contributed by atoms with E-state index in [2.05, 4.69) is 4.99 Å². The van der Waals surface area contributed by atoms with Gasteiger partial charge in [0, 0.05) is 12.6 Å². The van der Waals surface area contributed by atoms with Crippen LogP contribution in [0.2, 0.25) is 0 Å². The van der Waals surface area contributed by atoms with Crippen LogP contribution in [0, 0.1) is 6.92 Å². The van der Waals surface area contributed by atoms with E-state index in [0.717, 1.165) is 22.6 Å². The molecule has 1 aliphatic rings. The van der Waals surface area contributed by atoms with Crippen molar-refractivity contribution in [3.8, 4) is 0 Å². The van der Waals surface area contributed by atoms with Crippen LogP contribution >= 0.6 is 0 Å². The first-order valence-electron chi connectivity index (χ1n) is 6.14. The molecule has 96 valence electrons. The molecule has 0 spiro atoms. The number of carbonyl (C=O) groups is 1. The summed E-state index contributed by atoms with van der Waals surface area (Å²) in [6.07, 6.45) is 0. The molecule has 0 N–H and O–H groups in total. The molecular weight excluding hydrogens is 240 g/mol. The molecule has 3 rings (SSSR count). The summed E-state index contributed by atoms with van der Waals surface area (Å²) in [5.41, 5.74) is 2.68. The highest BCUT2D eigenvalue weighted by Gasteiger charge is 2.26. The zero-order valence-corrected chi connectivity index (χ0v) is 10.9. The quantitative estimate of drug-likeness (QED) is 0.784. The summed E-state index contributed by atoms with van der Waals surface area (Å²) < 4.78 is 5.64. The van der Waals surface area contributed by atoms with Crippen LogP contribution in [-0.2, 0) is 4.79 Å². The van der Waals surface area contributed by atoms with Gasteiger partial charge in [0.05, 0.1) is 11.3 Å². The number of likely N-dealkylation sites (N-methyl/N-ethyl adjacent to an activating group) is 1. The van der Waals surface area contributed by atoms with Crippen molar-refractivity contribution in [1.29, 1.82) is 0 Å². The number of carbonyl (C=O) groups excluding carboxylic acids is 1. The second-order valence-electron chi connectivity index (χ2n) is 4.56. The van der Waals surface area contributed by atoms with E-state index in [1.807, 2.05) is 43.3 Å². The van der Waals surface area contributed by atoms with Gasteiger partial charge in [-0.3, -0.25) is 14.7 Å². The van der Waals surface area contributed by atoms with Gasteiger partial charge >= 0.3 is 0 Å². The lowest BCUT2D eigenvalue weighted by Crippen LogP contribution is -2.27. The average molecular weight is 254 g/mol. The third-order valence-corrected chi connectivity index (χ3v) is 3.19. The Labute approximate surface area is 111 Å². The monoisotopic (exact) mass is 254 g/mol. The zero-order valence-electron chi connectivity index (χ0n) is 10.9. The van der Waals surface area contributed by atoms with E-state index in [9.17, 15) is 4.79 Å². The van der Waals surface area contributed by atoms with Crippen molar-refractivity contribution < 1.29 is 9.21 Å². The standard InChI is InChI=1S/C15H14N2O2/c1-10-8-12-14(11-6-4-3-5-7-11)16-9-13(18)17(2)15(12)19-10/h3-8H,9H2,1-2H3. The predicted octanol–water partition coefficient (Wildman–Crippen LogP) is 2.40. The highest BCUT2D eigenvalue weighted by atomic mass is 16.4. The normalized spacial score (nSPS) is 14.9. The van der Waals surface area contributed by atoms with Gasteiger partial charge < -0.3 is 4.42 Å². The van der Waals surface area contributed by atoms with Gasteiger partial charge in [-0.2, -0.15) is 0 Å². The number of benzene rings is 1. The second-order valence-corrected chi connectivity index (χ2v) is 4.56. The van der Waals surface area contributed by atoms with E-state index in [1.54, 1.807) is 7.05 Å². The molecule has 2 aromatic rings. The van der Waals surface area contributed by atoms with Crippen molar-refractivity contribution in [2.75, 3.05) is 18.5 Å². The number of aliphatic imine (C=N–C) groups is 1. The highest BCUT2D eigenvalue weighted by Crippen LogP contribution is 2.29. The summed E-state index contributed by atoms with van der Waals surface area (Å²) in [4.78, 5) is 17.9. The Balaban J connectivity index is 2.20. The summed E-state index contributed by atoms with van der Waals surface area (Å²) in [6.45, 7) is 2.01. The number of furan rings is 1. The molecule has 0 bridgehead atoms. The largest absolute Gasteiger partial charge is 0.445 e. The Morgan fingerprint density at radius 2 is 2.00 bits per heavy atom. The van der Waals surface area contributed by atoms with Crippen LogP contribution in [0.15, 0.2) is 45.8 Å². The van der Waals surface area contributed by atoms with Crippen LogP contribution in [0.4, 0.5) is 5.88 Å². The number of fused-ring (bicyclic) bond motifs is 1. The minimum Gasteiger partial charge on any atom is -0.445 e. The summed E-state index contributed by atoms with van der Waals surface area (Å²) in [5.74, 6) is 1.28. The lowest BCUT2D eigenvalue weighted by molar-refractivity contribution is -0.117. The molecule has 4 nitrogen and oxygen atoms in total. The molecule has 0 fully saturated rings. The first-order chi connectivity index (χ1) is 9.16. The fraction of sp³-hybridized carbons (Fsp3) is 0.200. The molecule has 19 heavy (non-hydrogen) atoms. The number of hydrogen-bond donors (Lipinski definition) is 0. The van der Waals surface area contributed by atoms with E-state index in [-0.39, 0.29) is 12.5 Å². The third kappa shape index (κ3) is 1.95. The van der Waals surface area contributed by atoms with Gasteiger partial charge in [0.15, 0.2) is 0 Å². The van der Waals surface area contributed by atoms with Gasteiger partial charge in [0.2, 0.25) is 5.88 Å². The highest BCUT2D eigenvalue weighted by molar-refractivity contribution is 6.18. The lowest BCUT2D eigenvalue weighted by Gasteiger charge is -2.12. The third-order valence-electron chi connectivity index (χ3n) is 3.19. The maximum atomic E-state index is 11.9. The van der Waals surface area contributed by atoms with Crippen LogP contribution in [0.3, 0.4) is 0 Å². The summed E-state index contributed by atoms with van der Waals surface area (Å²) in [7, 11) is 1.72. The molecule has 0 saturated heterocycles. The van der Waals surface area contributed by atoms with Gasteiger partial charge in [-0.1, -0.05) is 30.3 Å². The molecule has 0 aliphatic carbocycles. The first-order valence-corrected chi connectivity index (χ1v) is 6.14. The SMILES string of the molecule is Cc1cc2c(o1)N(C)C(=O)CN=C2c1ccccc1. The van der Waals surface area contributed by atoms with Crippen molar-refractivity contribution in [3.05, 3.63) is 53.3 Å². The molecule has 1 aliphatic heterocycles. The topological polar surface area (TPSA) is 45.8 Å². The van der Waals surface area contributed by atoms with Crippen molar-refractivity contribution in [2.45, 2.75) is 6.92 Å². The zero-order chi connectivity index (χ0) is 13.4. The number of aryl methyl sites for hydroxylation is 1. The first kappa shape index (κ1) is 11.7. The molecule has 0 atom stereocenters. The summed E-state index contributed by atoms with van der Waals surface area (Å²) >= 11 is 0. The smallest absolute Gasteiger partial charge is 0.250 e. The van der Waals surface area contributed by atoms with Crippen molar-refractivity contribution >= 4 is 17.5 Å². The Hall–Kier alpha value is -2.36. The van der Waals surface area contributed by atoms with Gasteiger partial charge in [0.25, 0.3) is 5.91 Å². The Morgan fingerprint density at radius 1 is 1.26 bits per heavy atom. The fourth-order valence-electron chi connectivity index (χ4n) is 2.21. The van der Waals surface area contributed by atoms with Gasteiger partial charge in [-0.25, -0.2) is 0 Å². The molecule has 4 heteroatoms. The van der Waals surface area contributed by atoms with Crippen LogP contribution in [0.1, 0.15) is 16.9 Å². The summed E-state index contributed by atoms with van der Waals surface area (Å²) in [5, 5.41) is 0. The lowest BCUT2D eigenvalue weighted by atomic mass is 10.0. The molecule has 1 amide bonds. The number of hydrogen-bond acceptors (Lipinski definition) is 3. The Morgan fingerprint density at radius 3 is 2.74 bits per heavy atom. The molecule has 0 unspecified atom stereocenters. The number of amides is 1.